The van der Waals surface area contributed by atoms with Crippen LogP contribution in [0.2, 0.25) is 0 Å². The number of nitrogens with one attached hydrogen (secondary N) is 2. The number of aryl methyl sites for hydroxylation is 4. The number of aromatic amines is 1. The van der Waals surface area contributed by atoms with Crippen LogP contribution in [0.15, 0.2) is 12.1 Å². The molecule has 1 atom stereocenters. The molecular weight excluding hydrogens is 382 g/mol. The number of H-pyrrole nitrogens is 1. The molecule has 162 valence electrons. The zero-order chi connectivity index (χ0) is 22.7. The first kappa shape index (κ1) is 23.3. The number of hydrogen-bond donors (Lipinski definition) is 2. The van der Waals surface area contributed by atoms with Crippen molar-refractivity contribution in [3.8, 4) is 0 Å². The smallest absolute Gasteiger partial charge is 0.339 e. The van der Waals surface area contributed by atoms with Crippen molar-refractivity contribution in [3.63, 3.8) is 0 Å². The maximum Gasteiger partial charge on any atom is 0.339 e. The van der Waals surface area contributed by atoms with Crippen molar-refractivity contribution < 1.29 is 19.1 Å². The molecule has 7 nitrogen and oxygen atoms in total. The lowest BCUT2D eigenvalue weighted by atomic mass is 10.0. The number of ketones is 1. The summed E-state index contributed by atoms with van der Waals surface area (Å²) < 4.78 is 4.80. The Balaban J connectivity index is 2.13. The summed E-state index contributed by atoms with van der Waals surface area (Å²) in [4.78, 5) is 42.3. The van der Waals surface area contributed by atoms with Crippen LogP contribution in [-0.2, 0) is 9.53 Å². The van der Waals surface area contributed by atoms with Gasteiger partial charge in [-0.15, -0.1) is 0 Å². The number of carbonyl (C=O) groups is 3. The molecule has 1 heterocycles. The van der Waals surface area contributed by atoms with Gasteiger partial charge < -0.3 is 15.0 Å². The van der Waals surface area contributed by atoms with Crippen LogP contribution >= 0.6 is 0 Å². The van der Waals surface area contributed by atoms with Crippen molar-refractivity contribution in [1.29, 1.82) is 0 Å². The number of aromatic nitrogens is 1. The van der Waals surface area contributed by atoms with Gasteiger partial charge in [0.1, 0.15) is 0 Å². The lowest BCUT2D eigenvalue weighted by Crippen LogP contribution is -2.41. The maximum atomic E-state index is 13.0. The Morgan fingerprint density at radius 1 is 1.10 bits per heavy atom. The number of Topliss-reactive ketones (excluding diaryl/α,β-unsaturated/α-hetero) is 1. The third kappa shape index (κ3) is 4.79. The van der Waals surface area contributed by atoms with Gasteiger partial charge in [0.25, 0.3) is 0 Å². The Bertz CT molecular complexity index is 968. The molecule has 0 unspecified atom stereocenters. The number of hydrogen-bond acceptors (Lipinski definition) is 5. The average molecular weight is 414 g/mol. The maximum absolute atomic E-state index is 13.0. The first-order chi connectivity index (χ1) is 14.0. The highest BCUT2D eigenvalue weighted by atomic mass is 16.5. The van der Waals surface area contributed by atoms with Gasteiger partial charge in [-0.25, -0.2) is 4.79 Å². The molecule has 2 rings (SSSR count). The molecule has 0 aliphatic rings. The third-order valence-electron chi connectivity index (χ3n) is 5.45. The Morgan fingerprint density at radius 2 is 1.67 bits per heavy atom. The van der Waals surface area contributed by atoms with E-state index in [-0.39, 0.29) is 18.2 Å². The molecular formula is C23H31N3O4. The minimum Gasteiger partial charge on any atom is -0.465 e. The normalized spacial score (nSPS) is 12.0. The van der Waals surface area contributed by atoms with Crippen LogP contribution in [0, 0.1) is 34.6 Å². The lowest BCUT2D eigenvalue weighted by molar-refractivity contribution is -0.117. The van der Waals surface area contributed by atoms with Gasteiger partial charge in [0, 0.05) is 11.4 Å². The predicted molar refractivity (Wildman–Crippen MR) is 117 cm³/mol. The zero-order valence-electron chi connectivity index (χ0n) is 19.0. The molecule has 0 bridgehead atoms. The number of nitrogens with zero attached hydrogens (tertiary/aromatic N) is 1. The van der Waals surface area contributed by atoms with E-state index in [2.05, 4.69) is 10.3 Å². The highest BCUT2D eigenvalue weighted by Gasteiger charge is 2.28. The Kier molecular flexibility index (Phi) is 7.21. The largest absolute Gasteiger partial charge is 0.465 e. The molecule has 0 radical (unpaired) electrons. The number of rotatable bonds is 7. The van der Waals surface area contributed by atoms with Crippen LogP contribution in [0.3, 0.4) is 0 Å². The van der Waals surface area contributed by atoms with Crippen LogP contribution < -0.4 is 5.32 Å². The first-order valence-corrected chi connectivity index (χ1v) is 9.87. The molecule has 0 spiro atoms. The fraction of sp³-hybridized carbons (Fsp3) is 0.435. The molecule has 30 heavy (non-hydrogen) atoms. The summed E-state index contributed by atoms with van der Waals surface area (Å²) in [5.41, 5.74) is 5.82. The molecule has 7 heteroatoms. The first-order valence-electron chi connectivity index (χ1n) is 9.87. The van der Waals surface area contributed by atoms with Gasteiger partial charge in [-0.3, -0.25) is 14.5 Å². The quantitative estimate of drug-likeness (QED) is 0.536. The SMILES string of the molecule is COC(=O)c1c(C)[nH]c(C(=O)[C@@H](C)N(C)CC(=O)Nc2c(C)cc(C)cc2C)c1C. The second-order valence-corrected chi connectivity index (χ2v) is 7.89. The molecule has 0 fully saturated rings. The van der Waals surface area contributed by atoms with Crippen molar-refractivity contribution in [2.75, 3.05) is 26.0 Å². The minimum absolute atomic E-state index is 0.0578. The van der Waals surface area contributed by atoms with Gasteiger partial charge in [0.05, 0.1) is 31.0 Å². The lowest BCUT2D eigenvalue weighted by Gasteiger charge is -2.23. The van der Waals surface area contributed by atoms with Crippen molar-refractivity contribution in [2.24, 2.45) is 0 Å². The second-order valence-electron chi connectivity index (χ2n) is 7.89. The van der Waals surface area contributed by atoms with Crippen LogP contribution in [0.4, 0.5) is 5.69 Å². The van der Waals surface area contributed by atoms with Crippen molar-refractivity contribution in [3.05, 3.63) is 51.3 Å². The molecule has 2 aromatic rings. The summed E-state index contributed by atoms with van der Waals surface area (Å²) in [5, 5.41) is 2.96. The summed E-state index contributed by atoms with van der Waals surface area (Å²) in [5.74, 6) is -0.866. The van der Waals surface area contributed by atoms with E-state index in [1.165, 1.54) is 7.11 Å². The molecule has 1 aromatic carbocycles. The highest BCUT2D eigenvalue weighted by Crippen LogP contribution is 2.23. The standard InChI is InChI=1S/C23H31N3O4/c1-12-9-13(2)20(14(3)10-12)25-18(27)11-26(7)17(6)22(28)21-15(4)19(16(5)24-21)23(29)30-8/h9-10,17,24H,11H2,1-8H3,(H,25,27)/t17-/m1/s1. The van der Waals surface area contributed by atoms with E-state index in [9.17, 15) is 14.4 Å². The van der Waals surface area contributed by atoms with E-state index in [1.54, 1.807) is 32.7 Å². The number of likely N-dealkylation sites (N-methyl/N-ethyl adjacent to an activating group) is 1. The molecule has 0 saturated carbocycles. The second kappa shape index (κ2) is 9.26. The predicted octanol–water partition coefficient (Wildman–Crippen LogP) is 3.49. The van der Waals surface area contributed by atoms with Crippen molar-refractivity contribution in [2.45, 2.75) is 47.6 Å². The number of esters is 1. The number of anilines is 1. The average Bonchev–Trinajstić information content (AvgIpc) is 2.96. The van der Waals surface area contributed by atoms with Crippen LogP contribution in [0.5, 0.6) is 0 Å². The number of amides is 1. The van der Waals surface area contributed by atoms with Crippen LogP contribution in [0.1, 0.15) is 55.7 Å². The van der Waals surface area contributed by atoms with E-state index in [0.29, 0.717) is 22.5 Å². The van der Waals surface area contributed by atoms with E-state index in [1.807, 2.05) is 32.9 Å². The van der Waals surface area contributed by atoms with Gasteiger partial charge in [0.15, 0.2) is 5.78 Å². The van der Waals surface area contributed by atoms with Gasteiger partial charge in [-0.1, -0.05) is 17.7 Å². The van der Waals surface area contributed by atoms with Crippen LogP contribution in [0.25, 0.3) is 0 Å². The molecule has 0 saturated heterocycles. The molecule has 2 N–H and O–H groups in total. The Morgan fingerprint density at radius 3 is 2.20 bits per heavy atom. The summed E-state index contributed by atoms with van der Waals surface area (Å²) in [6.45, 7) is 11.2. The van der Waals surface area contributed by atoms with Gasteiger partial charge in [-0.2, -0.15) is 0 Å². The van der Waals surface area contributed by atoms with Gasteiger partial charge >= 0.3 is 5.97 Å². The molecule has 1 amide bonds. The molecule has 1 aromatic heterocycles. The number of carbonyl (C=O) groups excluding carboxylic acids is 3. The topological polar surface area (TPSA) is 91.5 Å². The fourth-order valence-electron chi connectivity index (χ4n) is 3.73. The summed E-state index contributed by atoms with van der Waals surface area (Å²) in [6, 6.07) is 3.49. The van der Waals surface area contributed by atoms with Crippen LogP contribution in [-0.4, -0.2) is 54.3 Å². The van der Waals surface area contributed by atoms with E-state index in [0.717, 1.165) is 22.4 Å². The number of methoxy groups -OCH3 is 1. The zero-order valence-corrected chi connectivity index (χ0v) is 19.0. The number of ether oxygens (including phenoxy) is 1. The Labute approximate surface area is 177 Å². The third-order valence-corrected chi connectivity index (χ3v) is 5.45. The number of benzene rings is 1. The van der Waals surface area contributed by atoms with E-state index >= 15 is 0 Å². The van der Waals surface area contributed by atoms with Gasteiger partial charge in [0.2, 0.25) is 5.91 Å². The Hall–Kier alpha value is -2.93. The minimum atomic E-state index is -0.557. The van der Waals surface area contributed by atoms with Crippen molar-refractivity contribution >= 4 is 23.3 Å². The highest BCUT2D eigenvalue weighted by molar-refractivity contribution is 6.04. The van der Waals surface area contributed by atoms with E-state index < -0.39 is 12.0 Å². The summed E-state index contributed by atoms with van der Waals surface area (Å²) in [7, 11) is 3.03. The van der Waals surface area contributed by atoms with Gasteiger partial charge in [-0.05, 0) is 65.3 Å². The monoisotopic (exact) mass is 413 g/mol. The van der Waals surface area contributed by atoms with E-state index in [4.69, 9.17) is 4.74 Å². The molecule has 0 aliphatic carbocycles. The summed E-state index contributed by atoms with van der Waals surface area (Å²) >= 11 is 0. The van der Waals surface area contributed by atoms with Crippen molar-refractivity contribution in [1.82, 2.24) is 9.88 Å². The fourth-order valence-corrected chi connectivity index (χ4v) is 3.73. The summed E-state index contributed by atoms with van der Waals surface area (Å²) in [6.07, 6.45) is 0. The molecule has 0 aliphatic heterocycles.